The zero-order chi connectivity index (χ0) is 13.0. The van der Waals surface area contributed by atoms with Crippen molar-refractivity contribution in [2.45, 2.75) is 46.3 Å². The average molecular weight is 260 g/mol. The summed E-state index contributed by atoms with van der Waals surface area (Å²) in [7, 11) is -0.798. The largest absolute Gasteiger partial charge is 0.325 e. The number of amides is 1. The van der Waals surface area contributed by atoms with Crippen molar-refractivity contribution < 1.29 is 9.00 Å². The van der Waals surface area contributed by atoms with Gasteiger partial charge < -0.3 is 4.90 Å². The van der Waals surface area contributed by atoms with Crippen LogP contribution in [0.5, 0.6) is 0 Å². The summed E-state index contributed by atoms with van der Waals surface area (Å²) < 4.78 is 11.4. The van der Waals surface area contributed by atoms with E-state index in [0.717, 1.165) is 6.42 Å². The quantitative estimate of drug-likeness (QED) is 0.773. The van der Waals surface area contributed by atoms with E-state index in [1.807, 2.05) is 18.7 Å². The molecule has 0 aromatic heterocycles. The molecule has 1 N–H and O–H groups in total. The van der Waals surface area contributed by atoms with Crippen LogP contribution in [0.1, 0.15) is 34.1 Å². The summed E-state index contributed by atoms with van der Waals surface area (Å²) in [5, 5.41) is 3.32. The molecular formula is C12H24N2O2S. The van der Waals surface area contributed by atoms with E-state index in [-0.39, 0.29) is 18.1 Å². The molecule has 1 aliphatic rings. The zero-order valence-corrected chi connectivity index (χ0v) is 12.0. The number of nitrogens with zero attached hydrogens (tertiary/aromatic N) is 1. The van der Waals surface area contributed by atoms with Gasteiger partial charge in [0.15, 0.2) is 0 Å². The van der Waals surface area contributed by atoms with E-state index < -0.39 is 10.8 Å². The number of carbonyl (C=O) groups excluding carboxylic acids is 1. The van der Waals surface area contributed by atoms with Crippen molar-refractivity contribution in [3.05, 3.63) is 0 Å². The van der Waals surface area contributed by atoms with Crippen LogP contribution in [0.25, 0.3) is 0 Å². The third-order valence-electron chi connectivity index (χ3n) is 3.53. The maximum atomic E-state index is 12.2. The van der Waals surface area contributed by atoms with Crippen molar-refractivity contribution in [3.63, 3.8) is 0 Å². The molecule has 0 bridgehead atoms. The van der Waals surface area contributed by atoms with Crippen LogP contribution in [0.15, 0.2) is 0 Å². The second-order valence-corrected chi connectivity index (χ2v) is 6.54. The lowest BCUT2D eigenvalue weighted by atomic mass is 9.99. The van der Waals surface area contributed by atoms with Gasteiger partial charge in [-0.3, -0.25) is 14.3 Å². The van der Waals surface area contributed by atoms with Crippen LogP contribution in [0.4, 0.5) is 0 Å². The molecule has 0 aliphatic carbocycles. The molecule has 17 heavy (non-hydrogen) atoms. The van der Waals surface area contributed by atoms with Gasteiger partial charge >= 0.3 is 0 Å². The predicted molar refractivity (Wildman–Crippen MR) is 71.1 cm³/mol. The summed E-state index contributed by atoms with van der Waals surface area (Å²) in [6.45, 7) is 8.69. The molecule has 4 atom stereocenters. The van der Waals surface area contributed by atoms with Crippen LogP contribution >= 0.6 is 0 Å². The van der Waals surface area contributed by atoms with E-state index >= 15 is 0 Å². The molecule has 1 amide bonds. The zero-order valence-electron chi connectivity index (χ0n) is 11.2. The van der Waals surface area contributed by atoms with E-state index in [2.05, 4.69) is 19.2 Å². The summed E-state index contributed by atoms with van der Waals surface area (Å²) in [5.74, 6) is 1.77. The second-order valence-electron chi connectivity index (χ2n) is 4.67. The third kappa shape index (κ3) is 3.52. The van der Waals surface area contributed by atoms with Gasteiger partial charge in [-0.25, -0.2) is 0 Å². The van der Waals surface area contributed by atoms with E-state index in [0.29, 0.717) is 24.0 Å². The van der Waals surface area contributed by atoms with Gasteiger partial charge in [-0.15, -0.1) is 0 Å². The number of rotatable bonds is 6. The van der Waals surface area contributed by atoms with Crippen LogP contribution in [0.3, 0.4) is 0 Å². The average Bonchev–Trinajstić information content (AvgIpc) is 2.61. The van der Waals surface area contributed by atoms with E-state index in [1.54, 1.807) is 0 Å². The van der Waals surface area contributed by atoms with E-state index in [1.165, 1.54) is 0 Å². The van der Waals surface area contributed by atoms with Crippen molar-refractivity contribution in [1.82, 2.24) is 10.2 Å². The van der Waals surface area contributed by atoms with E-state index in [4.69, 9.17) is 0 Å². The van der Waals surface area contributed by atoms with Crippen LogP contribution in [-0.4, -0.2) is 45.3 Å². The predicted octanol–water partition coefficient (Wildman–Crippen LogP) is 0.948. The minimum atomic E-state index is -0.798. The van der Waals surface area contributed by atoms with Gasteiger partial charge in [0.05, 0.1) is 12.2 Å². The Balaban J connectivity index is 2.56. The standard InChI is InChI=1S/C12H24N2O2S/c1-5-9(3)11-12(15)14(10(4)13-11)7-8-17(16)6-2/h9-11,13H,5-8H2,1-4H3. The molecular weight excluding hydrogens is 236 g/mol. The molecule has 1 heterocycles. The van der Waals surface area contributed by atoms with Gasteiger partial charge in [0, 0.05) is 28.9 Å². The molecule has 0 radical (unpaired) electrons. The Kier molecular flexibility index (Phi) is 5.59. The van der Waals surface area contributed by atoms with Crippen LogP contribution < -0.4 is 5.32 Å². The highest BCUT2D eigenvalue weighted by molar-refractivity contribution is 7.84. The van der Waals surface area contributed by atoms with Crippen molar-refractivity contribution in [1.29, 1.82) is 0 Å². The third-order valence-corrected chi connectivity index (χ3v) is 4.81. The molecule has 0 spiro atoms. The fourth-order valence-electron chi connectivity index (χ4n) is 2.08. The fourth-order valence-corrected chi connectivity index (χ4v) is 2.77. The first-order valence-corrected chi connectivity index (χ1v) is 7.91. The lowest BCUT2D eigenvalue weighted by Crippen LogP contribution is -2.37. The number of nitrogens with one attached hydrogen (secondary N) is 1. The fraction of sp³-hybridized carbons (Fsp3) is 0.917. The van der Waals surface area contributed by atoms with Crippen molar-refractivity contribution in [2.75, 3.05) is 18.1 Å². The Morgan fingerprint density at radius 2 is 2.12 bits per heavy atom. The molecule has 0 aromatic carbocycles. The Hall–Kier alpha value is -0.420. The maximum absolute atomic E-state index is 12.2. The number of hydrogen-bond acceptors (Lipinski definition) is 3. The van der Waals surface area contributed by atoms with Crippen LogP contribution in [0, 0.1) is 5.92 Å². The SMILES string of the molecule is CCC(C)C1NC(C)N(CCS(=O)CC)C1=O. The van der Waals surface area contributed by atoms with Crippen molar-refractivity contribution >= 4 is 16.7 Å². The Bertz CT molecular complexity index is 296. The summed E-state index contributed by atoms with van der Waals surface area (Å²) in [6.07, 6.45) is 1.06. The summed E-state index contributed by atoms with van der Waals surface area (Å²) in [5.41, 5.74) is 0. The van der Waals surface area contributed by atoms with E-state index in [9.17, 15) is 9.00 Å². The summed E-state index contributed by atoms with van der Waals surface area (Å²) >= 11 is 0. The monoisotopic (exact) mass is 260 g/mol. The smallest absolute Gasteiger partial charge is 0.241 e. The van der Waals surface area contributed by atoms with Gasteiger partial charge in [-0.2, -0.15) is 0 Å². The van der Waals surface area contributed by atoms with Gasteiger partial charge in [0.1, 0.15) is 0 Å². The Morgan fingerprint density at radius 1 is 1.47 bits per heavy atom. The van der Waals surface area contributed by atoms with Gasteiger partial charge in [-0.05, 0) is 12.8 Å². The first-order valence-electron chi connectivity index (χ1n) is 6.42. The minimum Gasteiger partial charge on any atom is -0.325 e. The molecule has 1 saturated heterocycles. The first kappa shape index (κ1) is 14.6. The molecule has 1 fully saturated rings. The summed E-state index contributed by atoms with van der Waals surface area (Å²) in [4.78, 5) is 14.0. The molecule has 0 aromatic rings. The molecule has 4 unspecified atom stereocenters. The molecule has 1 rings (SSSR count). The van der Waals surface area contributed by atoms with Crippen LogP contribution in [0.2, 0.25) is 0 Å². The normalized spacial score (nSPS) is 28.5. The second kappa shape index (κ2) is 6.50. The first-order chi connectivity index (χ1) is 8.01. The van der Waals surface area contributed by atoms with Crippen molar-refractivity contribution in [3.8, 4) is 0 Å². The Morgan fingerprint density at radius 3 is 2.65 bits per heavy atom. The van der Waals surface area contributed by atoms with Gasteiger partial charge in [-0.1, -0.05) is 27.2 Å². The Labute approximate surface area is 107 Å². The molecule has 5 heteroatoms. The van der Waals surface area contributed by atoms with Crippen molar-refractivity contribution in [2.24, 2.45) is 5.92 Å². The maximum Gasteiger partial charge on any atom is 0.241 e. The highest BCUT2D eigenvalue weighted by Crippen LogP contribution is 2.18. The highest BCUT2D eigenvalue weighted by atomic mass is 32.2. The summed E-state index contributed by atoms with van der Waals surface area (Å²) in [6, 6.07) is -0.0648. The van der Waals surface area contributed by atoms with Crippen LogP contribution in [-0.2, 0) is 15.6 Å². The minimum absolute atomic E-state index is 0.0648. The lowest BCUT2D eigenvalue weighted by molar-refractivity contribution is -0.130. The molecule has 100 valence electrons. The molecule has 1 aliphatic heterocycles. The van der Waals surface area contributed by atoms with Gasteiger partial charge in [0.25, 0.3) is 0 Å². The lowest BCUT2D eigenvalue weighted by Gasteiger charge is -2.20. The van der Waals surface area contributed by atoms with Gasteiger partial charge in [0.2, 0.25) is 5.91 Å². The molecule has 4 nitrogen and oxygen atoms in total. The number of carbonyl (C=O) groups is 1. The molecule has 0 saturated carbocycles. The highest BCUT2D eigenvalue weighted by Gasteiger charge is 2.38. The number of hydrogen-bond donors (Lipinski definition) is 1. The topological polar surface area (TPSA) is 49.4 Å².